The van der Waals surface area contributed by atoms with Crippen molar-refractivity contribution in [3.8, 4) is 0 Å². The molecule has 0 N–H and O–H groups in total. The first kappa shape index (κ1) is 8.59. The molecule has 0 aromatic carbocycles. The Hall–Kier alpha value is 0. The van der Waals surface area contributed by atoms with Crippen LogP contribution in [0.4, 0.5) is 0 Å². The highest BCUT2D eigenvalue weighted by Crippen LogP contribution is 2.42. The summed E-state index contributed by atoms with van der Waals surface area (Å²) >= 11 is 0. The Labute approximate surface area is 76.7 Å². The van der Waals surface area contributed by atoms with Gasteiger partial charge in [-0.25, -0.2) is 0 Å². The Kier molecular flexibility index (Phi) is 2.73. The fourth-order valence-corrected chi connectivity index (χ4v) is 2.90. The van der Waals surface area contributed by atoms with Crippen molar-refractivity contribution in [3.63, 3.8) is 0 Å². The fourth-order valence-electron chi connectivity index (χ4n) is 2.90. The average Bonchev–Trinajstić information content (AvgIpc) is 2.74. The van der Waals surface area contributed by atoms with Crippen LogP contribution in [-0.2, 0) is 0 Å². The lowest BCUT2D eigenvalue weighted by Crippen LogP contribution is -2.11. The Morgan fingerprint density at radius 2 is 1.75 bits per heavy atom. The molecule has 0 heterocycles. The lowest BCUT2D eigenvalue weighted by molar-refractivity contribution is 0.296. The quantitative estimate of drug-likeness (QED) is 0.592. The zero-order valence-corrected chi connectivity index (χ0v) is 8.39. The van der Waals surface area contributed by atoms with Gasteiger partial charge in [0.05, 0.1) is 0 Å². The lowest BCUT2D eigenvalue weighted by Gasteiger charge is -2.21. The van der Waals surface area contributed by atoms with Crippen molar-refractivity contribution < 1.29 is 0 Å². The minimum absolute atomic E-state index is 1.10. The molecule has 0 aromatic rings. The summed E-state index contributed by atoms with van der Waals surface area (Å²) in [6.45, 7) is 2.39. The molecule has 1 unspecified atom stereocenters. The molecule has 0 radical (unpaired) electrons. The molecule has 0 nitrogen and oxygen atoms in total. The molecule has 0 saturated heterocycles. The van der Waals surface area contributed by atoms with E-state index in [0.717, 1.165) is 17.8 Å². The van der Waals surface area contributed by atoms with Gasteiger partial charge >= 0.3 is 0 Å². The van der Waals surface area contributed by atoms with Crippen LogP contribution in [0.3, 0.4) is 0 Å². The van der Waals surface area contributed by atoms with Gasteiger partial charge in [-0.1, -0.05) is 51.9 Å². The van der Waals surface area contributed by atoms with Gasteiger partial charge in [-0.3, -0.25) is 0 Å². The van der Waals surface area contributed by atoms with E-state index in [1.165, 1.54) is 19.3 Å². The molecule has 0 bridgehead atoms. The fraction of sp³-hybridized carbons (Fsp3) is 1.00. The minimum Gasteiger partial charge on any atom is -0.0651 e. The van der Waals surface area contributed by atoms with E-state index in [4.69, 9.17) is 0 Å². The van der Waals surface area contributed by atoms with E-state index in [9.17, 15) is 0 Å². The zero-order valence-electron chi connectivity index (χ0n) is 8.39. The summed E-state index contributed by atoms with van der Waals surface area (Å²) in [5.74, 6) is 3.37. The molecule has 2 aliphatic carbocycles. The van der Waals surface area contributed by atoms with E-state index in [-0.39, 0.29) is 0 Å². The molecule has 0 amide bonds. The second kappa shape index (κ2) is 3.81. The third-order valence-corrected chi connectivity index (χ3v) is 3.92. The van der Waals surface area contributed by atoms with Gasteiger partial charge in [0.1, 0.15) is 0 Å². The van der Waals surface area contributed by atoms with Crippen LogP contribution in [0.15, 0.2) is 0 Å². The highest BCUT2D eigenvalue weighted by Gasteiger charge is 2.30. The van der Waals surface area contributed by atoms with E-state index >= 15 is 0 Å². The van der Waals surface area contributed by atoms with E-state index in [2.05, 4.69) is 6.92 Å². The van der Waals surface area contributed by atoms with Crippen LogP contribution in [-0.4, -0.2) is 0 Å². The number of hydrogen-bond acceptors (Lipinski definition) is 0. The van der Waals surface area contributed by atoms with Gasteiger partial charge in [0.15, 0.2) is 0 Å². The molecule has 2 rings (SSSR count). The molecular formula is C12H22. The van der Waals surface area contributed by atoms with Crippen molar-refractivity contribution in [1.29, 1.82) is 0 Å². The van der Waals surface area contributed by atoms with Crippen molar-refractivity contribution in [2.75, 3.05) is 0 Å². The van der Waals surface area contributed by atoms with E-state index < -0.39 is 0 Å². The second-order valence-electron chi connectivity index (χ2n) is 4.89. The van der Waals surface area contributed by atoms with E-state index in [1.807, 2.05) is 0 Å². The Bertz CT molecular complexity index is 129. The molecule has 2 fully saturated rings. The summed E-state index contributed by atoms with van der Waals surface area (Å²) in [5, 5.41) is 0. The summed E-state index contributed by atoms with van der Waals surface area (Å²) in [5.41, 5.74) is 0. The first-order valence-corrected chi connectivity index (χ1v) is 5.90. The van der Waals surface area contributed by atoms with Crippen molar-refractivity contribution in [2.24, 2.45) is 17.8 Å². The second-order valence-corrected chi connectivity index (χ2v) is 4.89. The Balaban J connectivity index is 1.78. The van der Waals surface area contributed by atoms with Crippen molar-refractivity contribution >= 4 is 0 Å². The molecule has 0 heteroatoms. The topological polar surface area (TPSA) is 0 Å². The van der Waals surface area contributed by atoms with Crippen molar-refractivity contribution in [2.45, 2.75) is 58.3 Å². The van der Waals surface area contributed by atoms with E-state index in [1.54, 1.807) is 32.1 Å². The van der Waals surface area contributed by atoms with Crippen LogP contribution in [0, 0.1) is 17.8 Å². The normalized spacial score (nSPS) is 27.8. The average molecular weight is 166 g/mol. The van der Waals surface area contributed by atoms with E-state index in [0.29, 0.717) is 0 Å². The summed E-state index contributed by atoms with van der Waals surface area (Å²) in [6.07, 6.45) is 12.2. The molecule has 12 heavy (non-hydrogen) atoms. The molecule has 2 aliphatic rings. The SMILES string of the molecule is CCC(CC1CC1)C1CCCC1. The van der Waals surface area contributed by atoms with Gasteiger partial charge < -0.3 is 0 Å². The van der Waals surface area contributed by atoms with Gasteiger partial charge in [0.2, 0.25) is 0 Å². The highest BCUT2D eigenvalue weighted by molar-refractivity contribution is 4.81. The predicted octanol–water partition coefficient (Wildman–Crippen LogP) is 4.00. The molecule has 2 saturated carbocycles. The number of rotatable bonds is 4. The summed E-state index contributed by atoms with van der Waals surface area (Å²) in [7, 11) is 0. The Morgan fingerprint density at radius 1 is 1.08 bits per heavy atom. The van der Waals surface area contributed by atoms with Gasteiger partial charge in [-0.2, -0.15) is 0 Å². The monoisotopic (exact) mass is 166 g/mol. The van der Waals surface area contributed by atoms with Crippen molar-refractivity contribution in [3.05, 3.63) is 0 Å². The van der Waals surface area contributed by atoms with Crippen LogP contribution in [0.1, 0.15) is 58.3 Å². The van der Waals surface area contributed by atoms with Crippen LogP contribution >= 0.6 is 0 Å². The maximum atomic E-state index is 2.39. The van der Waals surface area contributed by atoms with Crippen LogP contribution < -0.4 is 0 Å². The third-order valence-electron chi connectivity index (χ3n) is 3.92. The molecular weight excluding hydrogens is 144 g/mol. The molecule has 70 valence electrons. The largest absolute Gasteiger partial charge is 0.0651 e. The zero-order chi connectivity index (χ0) is 8.39. The van der Waals surface area contributed by atoms with Crippen molar-refractivity contribution in [1.82, 2.24) is 0 Å². The van der Waals surface area contributed by atoms with Gasteiger partial charge in [-0.05, 0) is 24.2 Å². The maximum absolute atomic E-state index is 2.39. The molecule has 1 atom stereocenters. The first-order chi connectivity index (χ1) is 5.90. The van der Waals surface area contributed by atoms with Crippen LogP contribution in [0.5, 0.6) is 0 Å². The lowest BCUT2D eigenvalue weighted by atomic mass is 9.85. The van der Waals surface area contributed by atoms with Gasteiger partial charge in [0.25, 0.3) is 0 Å². The van der Waals surface area contributed by atoms with Crippen LogP contribution in [0.25, 0.3) is 0 Å². The van der Waals surface area contributed by atoms with Gasteiger partial charge in [-0.15, -0.1) is 0 Å². The molecule has 0 aliphatic heterocycles. The predicted molar refractivity (Wildman–Crippen MR) is 53.1 cm³/mol. The van der Waals surface area contributed by atoms with Crippen LogP contribution in [0.2, 0.25) is 0 Å². The highest BCUT2D eigenvalue weighted by atomic mass is 14.4. The summed E-state index contributed by atoms with van der Waals surface area (Å²) in [4.78, 5) is 0. The standard InChI is InChI=1S/C12H22/c1-2-11(9-10-7-8-10)12-5-3-4-6-12/h10-12H,2-9H2,1H3. The first-order valence-electron chi connectivity index (χ1n) is 5.90. The molecule has 0 aromatic heterocycles. The summed E-state index contributed by atoms with van der Waals surface area (Å²) in [6, 6.07) is 0. The Morgan fingerprint density at radius 3 is 2.25 bits per heavy atom. The van der Waals surface area contributed by atoms with Gasteiger partial charge in [0, 0.05) is 0 Å². The summed E-state index contributed by atoms with van der Waals surface area (Å²) < 4.78 is 0. The third kappa shape index (κ3) is 2.02. The number of hydrogen-bond donors (Lipinski definition) is 0. The smallest absolute Gasteiger partial charge is 0.0386 e. The maximum Gasteiger partial charge on any atom is -0.0386 e. The minimum atomic E-state index is 1.10. The molecule has 0 spiro atoms.